The highest BCUT2D eigenvalue weighted by atomic mass is 16.5. The Labute approximate surface area is 126 Å². The lowest BCUT2D eigenvalue weighted by atomic mass is 10.1. The summed E-state index contributed by atoms with van der Waals surface area (Å²) in [4.78, 5) is 6.66. The summed E-state index contributed by atoms with van der Waals surface area (Å²) in [6.07, 6.45) is 6.31. The Hall–Kier alpha value is -1.87. The minimum Gasteiger partial charge on any atom is -0.490 e. The molecule has 3 nitrogen and oxygen atoms in total. The molecule has 1 saturated heterocycles. The number of benzene rings is 1. The lowest BCUT2D eigenvalue weighted by Gasteiger charge is -2.32. The van der Waals surface area contributed by atoms with E-state index in [2.05, 4.69) is 41.1 Å². The van der Waals surface area contributed by atoms with Crippen molar-refractivity contribution >= 4 is 0 Å². The lowest BCUT2D eigenvalue weighted by molar-refractivity contribution is 0.0962. The summed E-state index contributed by atoms with van der Waals surface area (Å²) in [5.74, 6) is 1.03. The van der Waals surface area contributed by atoms with Crippen molar-refractivity contribution in [2.75, 3.05) is 13.1 Å². The summed E-state index contributed by atoms with van der Waals surface area (Å²) in [6, 6.07) is 12.4. The van der Waals surface area contributed by atoms with Gasteiger partial charge in [0.25, 0.3) is 0 Å². The minimum atomic E-state index is 0.344. The number of pyridine rings is 1. The van der Waals surface area contributed by atoms with Crippen molar-refractivity contribution in [1.82, 2.24) is 9.88 Å². The highest BCUT2D eigenvalue weighted by Crippen LogP contribution is 2.22. The van der Waals surface area contributed by atoms with E-state index in [-0.39, 0.29) is 0 Å². The number of likely N-dealkylation sites (tertiary alicyclic amines) is 1. The van der Waals surface area contributed by atoms with Crippen LogP contribution in [-0.4, -0.2) is 29.1 Å². The Balaban J connectivity index is 1.50. The fourth-order valence-electron chi connectivity index (χ4n) is 2.80. The SMILES string of the molecule is Cc1ccccc1OC1CCN(Cc2cccnc2)CC1. The highest BCUT2D eigenvalue weighted by molar-refractivity contribution is 5.31. The van der Waals surface area contributed by atoms with Crippen molar-refractivity contribution in [3.63, 3.8) is 0 Å². The number of rotatable bonds is 4. The van der Waals surface area contributed by atoms with Crippen LogP contribution in [0.3, 0.4) is 0 Å². The van der Waals surface area contributed by atoms with Crippen LogP contribution in [0.15, 0.2) is 48.8 Å². The topological polar surface area (TPSA) is 25.4 Å². The molecule has 0 aliphatic carbocycles. The van der Waals surface area contributed by atoms with E-state index in [1.54, 1.807) is 0 Å². The van der Waals surface area contributed by atoms with E-state index >= 15 is 0 Å². The lowest BCUT2D eigenvalue weighted by Crippen LogP contribution is -2.37. The molecular weight excluding hydrogens is 260 g/mol. The van der Waals surface area contributed by atoms with Crippen LogP contribution in [0.4, 0.5) is 0 Å². The zero-order valence-corrected chi connectivity index (χ0v) is 12.5. The van der Waals surface area contributed by atoms with Gasteiger partial charge in [-0.2, -0.15) is 0 Å². The molecular formula is C18H22N2O. The number of aryl methyl sites for hydroxylation is 1. The zero-order valence-electron chi connectivity index (χ0n) is 12.5. The first-order valence-electron chi connectivity index (χ1n) is 7.65. The molecule has 0 unspecified atom stereocenters. The van der Waals surface area contributed by atoms with Gasteiger partial charge >= 0.3 is 0 Å². The van der Waals surface area contributed by atoms with Crippen LogP contribution in [0.5, 0.6) is 5.75 Å². The molecule has 21 heavy (non-hydrogen) atoms. The molecule has 1 aliphatic heterocycles. The fraction of sp³-hybridized carbons (Fsp3) is 0.389. The first-order valence-corrected chi connectivity index (χ1v) is 7.65. The van der Waals surface area contributed by atoms with Crippen molar-refractivity contribution < 1.29 is 4.74 Å². The zero-order chi connectivity index (χ0) is 14.5. The fourth-order valence-corrected chi connectivity index (χ4v) is 2.80. The number of aromatic nitrogens is 1. The predicted molar refractivity (Wildman–Crippen MR) is 84.3 cm³/mol. The maximum absolute atomic E-state index is 6.15. The summed E-state index contributed by atoms with van der Waals surface area (Å²) in [7, 11) is 0. The maximum Gasteiger partial charge on any atom is 0.122 e. The Morgan fingerprint density at radius 2 is 1.95 bits per heavy atom. The Bertz CT molecular complexity index is 562. The number of piperidine rings is 1. The average Bonchev–Trinajstić information content (AvgIpc) is 2.52. The average molecular weight is 282 g/mol. The van der Waals surface area contributed by atoms with Crippen molar-refractivity contribution in [3.05, 3.63) is 59.9 Å². The second-order valence-electron chi connectivity index (χ2n) is 5.72. The van der Waals surface area contributed by atoms with Crippen molar-refractivity contribution in [3.8, 4) is 5.75 Å². The molecule has 0 atom stereocenters. The second kappa shape index (κ2) is 6.72. The molecule has 110 valence electrons. The smallest absolute Gasteiger partial charge is 0.122 e. The van der Waals surface area contributed by atoms with E-state index in [1.165, 1.54) is 11.1 Å². The Morgan fingerprint density at radius 3 is 2.67 bits per heavy atom. The third-order valence-electron chi connectivity index (χ3n) is 4.05. The van der Waals surface area contributed by atoms with E-state index in [4.69, 9.17) is 4.74 Å². The molecule has 3 heteroatoms. The number of para-hydroxylation sites is 1. The van der Waals surface area contributed by atoms with Crippen molar-refractivity contribution in [2.45, 2.75) is 32.4 Å². The van der Waals surface area contributed by atoms with Gasteiger partial charge in [0.1, 0.15) is 11.9 Å². The quantitative estimate of drug-likeness (QED) is 0.859. The van der Waals surface area contributed by atoms with Gasteiger partial charge in [0.15, 0.2) is 0 Å². The Kier molecular flexibility index (Phi) is 4.51. The summed E-state index contributed by atoms with van der Waals surface area (Å²) in [5, 5.41) is 0. The standard InChI is InChI=1S/C18H22N2O/c1-15-5-2-3-7-18(15)21-17-8-11-20(12-9-17)14-16-6-4-10-19-13-16/h2-7,10,13,17H,8-9,11-12,14H2,1H3. The van der Waals surface area contributed by atoms with E-state index in [9.17, 15) is 0 Å². The maximum atomic E-state index is 6.15. The van der Waals surface area contributed by atoms with Gasteiger partial charge in [-0.25, -0.2) is 0 Å². The molecule has 0 N–H and O–H groups in total. The van der Waals surface area contributed by atoms with Crippen LogP contribution in [-0.2, 0) is 6.54 Å². The molecule has 2 heterocycles. The van der Waals surface area contributed by atoms with Crippen LogP contribution in [0.25, 0.3) is 0 Å². The van der Waals surface area contributed by atoms with Gasteiger partial charge in [-0.3, -0.25) is 9.88 Å². The molecule has 0 spiro atoms. The van der Waals surface area contributed by atoms with Crippen molar-refractivity contribution in [1.29, 1.82) is 0 Å². The number of nitrogens with zero attached hydrogens (tertiary/aromatic N) is 2. The van der Waals surface area contributed by atoms with Gasteiger partial charge in [-0.15, -0.1) is 0 Å². The molecule has 1 aromatic heterocycles. The van der Waals surface area contributed by atoms with Gasteiger partial charge in [0, 0.05) is 32.0 Å². The van der Waals surface area contributed by atoms with Crippen LogP contribution in [0.2, 0.25) is 0 Å². The summed E-state index contributed by atoms with van der Waals surface area (Å²) < 4.78 is 6.15. The second-order valence-corrected chi connectivity index (χ2v) is 5.72. The first kappa shape index (κ1) is 14.1. The van der Waals surface area contributed by atoms with Crippen LogP contribution in [0.1, 0.15) is 24.0 Å². The number of hydrogen-bond acceptors (Lipinski definition) is 3. The van der Waals surface area contributed by atoms with E-state index < -0.39 is 0 Å². The highest BCUT2D eigenvalue weighted by Gasteiger charge is 2.20. The van der Waals surface area contributed by atoms with Crippen LogP contribution >= 0.6 is 0 Å². The Morgan fingerprint density at radius 1 is 1.14 bits per heavy atom. The summed E-state index contributed by atoms with van der Waals surface area (Å²) >= 11 is 0. The molecule has 1 fully saturated rings. The molecule has 1 aromatic carbocycles. The van der Waals surface area contributed by atoms with E-state index in [0.717, 1.165) is 38.2 Å². The minimum absolute atomic E-state index is 0.344. The molecule has 0 radical (unpaired) electrons. The van der Waals surface area contributed by atoms with Gasteiger partial charge in [-0.1, -0.05) is 24.3 Å². The normalized spacial score (nSPS) is 16.8. The van der Waals surface area contributed by atoms with Gasteiger partial charge < -0.3 is 4.74 Å². The van der Waals surface area contributed by atoms with Gasteiger partial charge in [-0.05, 0) is 43.0 Å². The predicted octanol–water partition coefficient (Wildman–Crippen LogP) is 3.43. The van der Waals surface area contributed by atoms with Gasteiger partial charge in [0.05, 0.1) is 0 Å². The third kappa shape index (κ3) is 3.82. The third-order valence-corrected chi connectivity index (χ3v) is 4.05. The van der Waals surface area contributed by atoms with Crippen LogP contribution in [0, 0.1) is 6.92 Å². The van der Waals surface area contributed by atoms with Crippen LogP contribution < -0.4 is 4.74 Å². The molecule has 0 amide bonds. The van der Waals surface area contributed by atoms with E-state index in [0.29, 0.717) is 6.10 Å². The monoisotopic (exact) mass is 282 g/mol. The molecule has 0 bridgehead atoms. The largest absolute Gasteiger partial charge is 0.490 e. The molecule has 1 aliphatic rings. The van der Waals surface area contributed by atoms with Gasteiger partial charge in [0.2, 0.25) is 0 Å². The number of hydrogen-bond donors (Lipinski definition) is 0. The summed E-state index contributed by atoms with van der Waals surface area (Å²) in [5.41, 5.74) is 2.51. The van der Waals surface area contributed by atoms with E-state index in [1.807, 2.05) is 24.5 Å². The molecule has 2 aromatic rings. The first-order chi connectivity index (χ1) is 10.3. The number of ether oxygens (including phenoxy) is 1. The molecule has 0 saturated carbocycles. The molecule has 3 rings (SSSR count). The summed E-state index contributed by atoms with van der Waals surface area (Å²) in [6.45, 7) is 5.27. The van der Waals surface area contributed by atoms with Crippen molar-refractivity contribution in [2.24, 2.45) is 0 Å².